The highest BCUT2D eigenvalue weighted by molar-refractivity contribution is 5.98. The van der Waals surface area contributed by atoms with Gasteiger partial charge in [-0.15, -0.1) is 0 Å². The first-order chi connectivity index (χ1) is 32.4. The topological polar surface area (TPSA) is 356 Å². The lowest BCUT2D eigenvalue weighted by Gasteiger charge is -2.28. The van der Waals surface area contributed by atoms with E-state index in [4.69, 9.17) is 17.2 Å². The molecule has 4 unspecified atom stereocenters. The first-order valence-corrected chi connectivity index (χ1v) is 22.7. The summed E-state index contributed by atoms with van der Waals surface area (Å²) in [5.41, 5.74) is 18.9. The van der Waals surface area contributed by atoms with Crippen molar-refractivity contribution in [2.45, 2.75) is 115 Å². The molecule has 368 valence electrons. The maximum absolute atomic E-state index is 14.5. The van der Waals surface area contributed by atoms with Crippen LogP contribution in [0.3, 0.4) is 0 Å². The SMILES string of the molecule is CC(=O)NCC(=O)NC1CC(=O)NCCCCC(C(N)=O)NC(=O)[C@H](Cc2c[nH]c3ccccc23)NC(=O)[C@H](CCCN=C(N)N)NC(=O)C(Cc2ccccc2)NC(=O)C(CC(C)C)NC1=O. The minimum absolute atomic E-state index is 0.0282. The summed E-state index contributed by atoms with van der Waals surface area (Å²) in [5.74, 6) is -7.12. The number of benzene rings is 2. The molecule has 68 heavy (non-hydrogen) atoms. The van der Waals surface area contributed by atoms with Gasteiger partial charge in [-0.05, 0) is 61.6 Å². The highest BCUT2D eigenvalue weighted by Gasteiger charge is 2.34. The lowest BCUT2D eigenvalue weighted by Crippen LogP contribution is -2.60. The highest BCUT2D eigenvalue weighted by Crippen LogP contribution is 2.20. The Morgan fingerprint density at radius 3 is 2.04 bits per heavy atom. The number of fused-ring (bicyclic) bond motifs is 1. The van der Waals surface area contributed by atoms with Gasteiger partial charge in [-0.3, -0.25) is 48.1 Å². The summed E-state index contributed by atoms with van der Waals surface area (Å²) in [4.78, 5) is 129. The molecule has 6 atom stereocenters. The highest BCUT2D eigenvalue weighted by atomic mass is 16.2. The Kier molecular flexibility index (Phi) is 20.8. The average Bonchev–Trinajstić information content (AvgIpc) is 3.69. The van der Waals surface area contributed by atoms with E-state index in [9.17, 15) is 43.2 Å². The van der Waals surface area contributed by atoms with Crippen molar-refractivity contribution >= 4 is 70.0 Å². The number of hydrogen-bond acceptors (Lipinski definition) is 10. The van der Waals surface area contributed by atoms with E-state index in [-0.39, 0.29) is 69.9 Å². The monoisotopic (exact) mass is 944 g/mol. The van der Waals surface area contributed by atoms with Crippen LogP contribution in [0.5, 0.6) is 0 Å². The smallest absolute Gasteiger partial charge is 0.243 e. The summed E-state index contributed by atoms with van der Waals surface area (Å²) in [5, 5.41) is 21.9. The molecule has 0 saturated carbocycles. The van der Waals surface area contributed by atoms with Gasteiger partial charge in [-0.25, -0.2) is 0 Å². The number of carbonyl (C=O) groups excluding carboxylic acids is 9. The van der Waals surface area contributed by atoms with Gasteiger partial charge in [0.1, 0.15) is 36.3 Å². The number of para-hydroxylation sites is 1. The minimum Gasteiger partial charge on any atom is -0.370 e. The van der Waals surface area contributed by atoms with Gasteiger partial charge in [0.2, 0.25) is 53.2 Å². The van der Waals surface area contributed by atoms with Crippen molar-refractivity contribution in [2.75, 3.05) is 19.6 Å². The van der Waals surface area contributed by atoms with E-state index in [2.05, 4.69) is 52.5 Å². The Labute approximate surface area is 394 Å². The molecule has 1 fully saturated rings. The van der Waals surface area contributed by atoms with Crippen LogP contribution in [0.15, 0.2) is 65.8 Å². The van der Waals surface area contributed by atoms with E-state index in [0.29, 0.717) is 17.5 Å². The van der Waals surface area contributed by atoms with Crippen LogP contribution in [0.2, 0.25) is 0 Å². The van der Waals surface area contributed by atoms with Crippen molar-refractivity contribution in [3.63, 3.8) is 0 Å². The Balaban J connectivity index is 1.76. The van der Waals surface area contributed by atoms with Crippen molar-refractivity contribution in [3.8, 4) is 0 Å². The van der Waals surface area contributed by atoms with Crippen LogP contribution < -0.4 is 59.7 Å². The predicted molar refractivity (Wildman–Crippen MR) is 252 cm³/mol. The van der Waals surface area contributed by atoms with Crippen LogP contribution in [-0.2, 0) is 56.0 Å². The zero-order chi connectivity index (χ0) is 49.8. The number of aliphatic imine (C=N–C) groups is 1. The zero-order valence-corrected chi connectivity index (χ0v) is 38.7. The fourth-order valence-corrected chi connectivity index (χ4v) is 7.53. The third-order valence-corrected chi connectivity index (χ3v) is 11.0. The molecule has 0 aliphatic carbocycles. The molecule has 2 aromatic carbocycles. The number of aromatic amines is 1. The lowest BCUT2D eigenvalue weighted by molar-refractivity contribution is -0.136. The normalized spacial score (nSPS) is 21.8. The van der Waals surface area contributed by atoms with Crippen LogP contribution in [0.4, 0.5) is 0 Å². The third-order valence-electron chi connectivity index (χ3n) is 11.0. The summed E-state index contributed by atoms with van der Waals surface area (Å²) in [6.45, 7) is 4.46. The zero-order valence-electron chi connectivity index (χ0n) is 38.7. The van der Waals surface area contributed by atoms with E-state index >= 15 is 0 Å². The molecular weight excluding hydrogens is 879 g/mol. The second kappa shape index (κ2) is 26.6. The predicted octanol–water partition coefficient (Wildman–Crippen LogP) is -1.73. The van der Waals surface area contributed by atoms with Gasteiger partial charge in [-0.1, -0.05) is 62.4 Å². The molecule has 3 aromatic rings. The number of rotatable bonds is 14. The fraction of sp³-hybridized carbons (Fsp3) is 0.478. The molecule has 15 N–H and O–H groups in total. The first-order valence-electron chi connectivity index (χ1n) is 22.7. The van der Waals surface area contributed by atoms with E-state index in [1.165, 1.54) is 6.92 Å². The molecule has 0 spiro atoms. The Morgan fingerprint density at radius 1 is 0.750 bits per heavy atom. The van der Waals surface area contributed by atoms with Crippen LogP contribution >= 0.6 is 0 Å². The first kappa shape index (κ1) is 53.1. The van der Waals surface area contributed by atoms with Gasteiger partial charge in [0.15, 0.2) is 5.96 Å². The molecule has 22 nitrogen and oxygen atoms in total. The minimum atomic E-state index is -1.51. The van der Waals surface area contributed by atoms with Gasteiger partial charge in [0.05, 0.1) is 13.0 Å². The molecule has 22 heteroatoms. The van der Waals surface area contributed by atoms with Crippen molar-refractivity contribution in [3.05, 3.63) is 71.9 Å². The van der Waals surface area contributed by atoms with Gasteiger partial charge < -0.3 is 64.7 Å². The molecule has 1 aromatic heterocycles. The number of carbonyl (C=O) groups is 9. The Morgan fingerprint density at radius 2 is 1.37 bits per heavy atom. The quantitative estimate of drug-likeness (QED) is 0.0490. The second-order valence-electron chi connectivity index (χ2n) is 17.1. The average molecular weight is 944 g/mol. The number of nitrogens with two attached hydrogens (primary N) is 3. The van der Waals surface area contributed by atoms with E-state index in [1.54, 1.807) is 50.4 Å². The number of nitrogens with one attached hydrogen (secondary N) is 9. The number of hydrogen-bond donors (Lipinski definition) is 12. The number of H-pyrrole nitrogens is 1. The molecule has 1 aliphatic rings. The van der Waals surface area contributed by atoms with Crippen LogP contribution in [0, 0.1) is 5.92 Å². The largest absolute Gasteiger partial charge is 0.370 e. The summed E-state index contributed by atoms with van der Waals surface area (Å²) in [6.07, 6.45) is 1.91. The number of amides is 9. The number of aromatic nitrogens is 1. The summed E-state index contributed by atoms with van der Waals surface area (Å²) < 4.78 is 0. The molecule has 0 bridgehead atoms. The molecule has 2 heterocycles. The maximum Gasteiger partial charge on any atom is 0.243 e. The molecule has 0 radical (unpaired) electrons. The molecule has 1 aliphatic heterocycles. The second-order valence-corrected chi connectivity index (χ2v) is 17.1. The summed E-state index contributed by atoms with van der Waals surface area (Å²) >= 11 is 0. The van der Waals surface area contributed by atoms with Crippen molar-refractivity contribution in [1.29, 1.82) is 0 Å². The van der Waals surface area contributed by atoms with E-state index < -0.39 is 102 Å². The van der Waals surface area contributed by atoms with Crippen LogP contribution in [-0.4, -0.2) is 120 Å². The van der Waals surface area contributed by atoms with Gasteiger partial charge in [0.25, 0.3) is 0 Å². The van der Waals surface area contributed by atoms with Crippen molar-refractivity contribution in [2.24, 2.45) is 28.1 Å². The summed E-state index contributed by atoms with van der Waals surface area (Å²) in [6, 6.07) is 8.15. The Hall–Kier alpha value is -7.52. The molecule has 9 amide bonds. The lowest BCUT2D eigenvalue weighted by atomic mass is 10.00. The molecule has 1 saturated heterocycles. The van der Waals surface area contributed by atoms with E-state index in [1.807, 2.05) is 24.3 Å². The van der Waals surface area contributed by atoms with E-state index in [0.717, 1.165) is 10.9 Å². The fourth-order valence-electron chi connectivity index (χ4n) is 7.53. The molecule has 4 rings (SSSR count). The van der Waals surface area contributed by atoms with Gasteiger partial charge in [0, 0.05) is 50.0 Å². The van der Waals surface area contributed by atoms with Gasteiger partial charge in [-0.2, -0.15) is 0 Å². The van der Waals surface area contributed by atoms with Crippen LogP contribution in [0.25, 0.3) is 10.9 Å². The third kappa shape index (κ3) is 17.7. The number of guanidine groups is 1. The molecular formula is C46H65N13O9. The van der Waals surface area contributed by atoms with Crippen LogP contribution in [0.1, 0.15) is 76.8 Å². The number of primary amides is 1. The maximum atomic E-state index is 14.5. The standard InChI is InChI=1S/C46H65N13O9/c1-26(2)20-34-42(65)58-35(21-28-12-5-4-6-13-28)43(66)56-33(17-11-19-51-46(48)49)41(64)59-36(22-29-24-53-31-15-8-7-14-30(29)31)44(67)55-32(40(47)63)16-9-10-18-50-38(61)23-37(45(68)57-34)54-39(62)25-52-27(3)60/h4-8,12-15,24,26,32-37,53H,9-11,16-23,25H2,1-3H3,(H2,47,63)(H,50,61)(H,52,60)(H,54,62)(H,55,67)(H,56,66)(H,57,68)(H,58,65)(H,59,64)(H4,48,49,51)/t32?,33-,34?,35?,36-,37?/m0/s1. The van der Waals surface area contributed by atoms with Crippen molar-refractivity contribution in [1.82, 2.24) is 47.5 Å². The summed E-state index contributed by atoms with van der Waals surface area (Å²) in [7, 11) is 0. The van der Waals surface area contributed by atoms with Gasteiger partial charge >= 0.3 is 0 Å². The number of nitrogens with zero attached hydrogens (tertiary/aromatic N) is 1. The van der Waals surface area contributed by atoms with Crippen molar-refractivity contribution < 1.29 is 43.2 Å². The Bertz CT molecular complexity index is 2280.